The summed E-state index contributed by atoms with van der Waals surface area (Å²) in [6.45, 7) is 5.03. The highest BCUT2D eigenvalue weighted by Crippen LogP contribution is 2.25. The number of carbonyl (C=O) groups is 1. The first-order valence-electron chi connectivity index (χ1n) is 10.2. The number of amides is 1. The topological polar surface area (TPSA) is 81.9 Å². The molecule has 0 aliphatic heterocycles. The van der Waals surface area contributed by atoms with Gasteiger partial charge in [-0.15, -0.1) is 21.5 Å². The fourth-order valence-electron chi connectivity index (χ4n) is 3.07. The van der Waals surface area contributed by atoms with E-state index in [4.69, 9.17) is 4.74 Å². The first-order valence-corrected chi connectivity index (χ1v) is 12.0. The van der Waals surface area contributed by atoms with Gasteiger partial charge in [-0.05, 0) is 25.5 Å². The molecule has 0 unspecified atom stereocenters. The van der Waals surface area contributed by atoms with Crippen LogP contribution >= 0.6 is 23.1 Å². The highest BCUT2D eigenvalue weighted by atomic mass is 32.2. The zero-order valence-electron chi connectivity index (χ0n) is 17.8. The molecule has 0 aliphatic carbocycles. The van der Waals surface area contributed by atoms with Crippen molar-refractivity contribution in [2.75, 3.05) is 11.1 Å². The van der Waals surface area contributed by atoms with E-state index in [0.29, 0.717) is 23.4 Å². The minimum atomic E-state index is -0.132. The summed E-state index contributed by atoms with van der Waals surface area (Å²) >= 11 is 2.76. The van der Waals surface area contributed by atoms with Crippen LogP contribution in [0.1, 0.15) is 18.3 Å². The molecule has 0 fully saturated rings. The van der Waals surface area contributed by atoms with E-state index in [1.54, 1.807) is 0 Å². The summed E-state index contributed by atoms with van der Waals surface area (Å²) in [5.41, 5.74) is 2.94. The maximum Gasteiger partial charge on any atom is 0.236 e. The number of carbonyl (C=O) groups excluding carboxylic acids is 1. The number of aryl methyl sites for hydroxylation is 1. The number of thiazole rings is 1. The quantitative estimate of drug-likeness (QED) is 0.349. The van der Waals surface area contributed by atoms with Crippen molar-refractivity contribution in [1.82, 2.24) is 19.7 Å². The van der Waals surface area contributed by atoms with Crippen LogP contribution in [-0.2, 0) is 17.9 Å². The fraction of sp³-hybridized carbons (Fsp3) is 0.217. The van der Waals surface area contributed by atoms with Gasteiger partial charge in [0.05, 0.1) is 11.4 Å². The molecule has 0 saturated carbocycles. The molecule has 2 heterocycles. The summed E-state index contributed by atoms with van der Waals surface area (Å²) in [6.07, 6.45) is 0. The van der Waals surface area contributed by atoms with Crippen LogP contribution in [0.15, 0.2) is 65.1 Å². The van der Waals surface area contributed by atoms with Gasteiger partial charge in [0.15, 0.2) is 16.1 Å². The molecule has 7 nitrogen and oxygen atoms in total. The van der Waals surface area contributed by atoms with Crippen molar-refractivity contribution in [2.24, 2.45) is 0 Å². The molecular formula is C23H23N5O2S2. The number of para-hydroxylation sites is 1. The number of ether oxygens (including phenoxy) is 1. The smallest absolute Gasteiger partial charge is 0.236 e. The molecule has 0 saturated heterocycles. The van der Waals surface area contributed by atoms with Gasteiger partial charge in [0, 0.05) is 17.5 Å². The SMILES string of the molecule is CCn1c(COc2ccccc2C)nnc1SCC(=O)Nc1nc(-c2ccccc2)cs1. The lowest BCUT2D eigenvalue weighted by atomic mass is 10.2. The van der Waals surface area contributed by atoms with Crippen molar-refractivity contribution >= 4 is 34.1 Å². The maximum atomic E-state index is 12.4. The van der Waals surface area contributed by atoms with E-state index in [9.17, 15) is 4.79 Å². The predicted octanol–water partition coefficient (Wildman–Crippen LogP) is 5.04. The average Bonchev–Trinajstić information content (AvgIpc) is 3.44. The molecule has 0 atom stereocenters. The average molecular weight is 466 g/mol. The summed E-state index contributed by atoms with van der Waals surface area (Å²) in [4.78, 5) is 16.9. The molecule has 1 N–H and O–H groups in total. The predicted molar refractivity (Wildman–Crippen MR) is 128 cm³/mol. The second kappa shape index (κ2) is 10.4. The van der Waals surface area contributed by atoms with Crippen molar-refractivity contribution in [1.29, 1.82) is 0 Å². The Balaban J connectivity index is 1.33. The number of aromatic nitrogens is 4. The minimum Gasteiger partial charge on any atom is -0.485 e. The Morgan fingerprint density at radius 3 is 2.69 bits per heavy atom. The van der Waals surface area contributed by atoms with Crippen LogP contribution in [0.5, 0.6) is 5.75 Å². The second-order valence-electron chi connectivity index (χ2n) is 6.94. The Labute approximate surface area is 194 Å². The van der Waals surface area contributed by atoms with Crippen molar-refractivity contribution < 1.29 is 9.53 Å². The van der Waals surface area contributed by atoms with Gasteiger partial charge in [0.25, 0.3) is 0 Å². The van der Waals surface area contributed by atoms with Crippen molar-refractivity contribution in [3.05, 3.63) is 71.4 Å². The highest BCUT2D eigenvalue weighted by molar-refractivity contribution is 7.99. The number of hydrogen-bond acceptors (Lipinski definition) is 7. The Morgan fingerprint density at radius 1 is 1.12 bits per heavy atom. The van der Waals surface area contributed by atoms with Gasteiger partial charge in [0.2, 0.25) is 5.91 Å². The standard InChI is InChI=1S/C23H23N5O2S2/c1-3-28-20(13-30-19-12-8-7-9-16(19)2)26-27-23(28)32-15-21(29)25-22-24-18(14-31-22)17-10-5-4-6-11-17/h4-12,14H,3,13,15H2,1-2H3,(H,24,25,29). The van der Waals surface area contributed by atoms with Gasteiger partial charge >= 0.3 is 0 Å². The molecule has 2 aromatic heterocycles. The molecule has 0 spiro atoms. The van der Waals surface area contributed by atoms with Crippen molar-refractivity contribution in [3.8, 4) is 17.0 Å². The Kier molecular flexibility index (Phi) is 7.18. The lowest BCUT2D eigenvalue weighted by molar-refractivity contribution is -0.113. The summed E-state index contributed by atoms with van der Waals surface area (Å²) in [5, 5.41) is 14.6. The number of nitrogens with zero attached hydrogens (tertiary/aromatic N) is 4. The lowest BCUT2D eigenvalue weighted by Gasteiger charge is -2.10. The summed E-state index contributed by atoms with van der Waals surface area (Å²) < 4.78 is 7.87. The molecule has 0 aliphatic rings. The summed E-state index contributed by atoms with van der Waals surface area (Å²) in [5.74, 6) is 1.64. The number of rotatable bonds is 9. The van der Waals surface area contributed by atoms with Crippen LogP contribution in [0.2, 0.25) is 0 Å². The van der Waals surface area contributed by atoms with E-state index in [-0.39, 0.29) is 11.7 Å². The van der Waals surface area contributed by atoms with Crippen molar-refractivity contribution in [2.45, 2.75) is 32.2 Å². The van der Waals surface area contributed by atoms with Crippen LogP contribution in [0.4, 0.5) is 5.13 Å². The number of anilines is 1. The van der Waals surface area contributed by atoms with Crippen molar-refractivity contribution in [3.63, 3.8) is 0 Å². The van der Waals surface area contributed by atoms with E-state index >= 15 is 0 Å². The van der Waals surface area contributed by atoms with E-state index in [0.717, 1.165) is 28.4 Å². The number of benzene rings is 2. The van der Waals surface area contributed by atoms with Gasteiger partial charge in [-0.3, -0.25) is 4.79 Å². The molecular weight excluding hydrogens is 442 g/mol. The Hall–Kier alpha value is -3.17. The third-order valence-corrected chi connectivity index (χ3v) is 6.44. The van der Waals surface area contributed by atoms with Crippen LogP contribution in [0.25, 0.3) is 11.3 Å². The van der Waals surface area contributed by atoms with Crippen LogP contribution in [-0.4, -0.2) is 31.4 Å². The van der Waals surface area contributed by atoms with Gasteiger partial charge in [-0.2, -0.15) is 0 Å². The van der Waals surface area contributed by atoms with Gasteiger partial charge < -0.3 is 14.6 Å². The molecule has 4 rings (SSSR count). The Morgan fingerprint density at radius 2 is 1.91 bits per heavy atom. The van der Waals surface area contributed by atoms with Gasteiger partial charge in [-0.25, -0.2) is 4.98 Å². The van der Waals surface area contributed by atoms with Gasteiger partial charge in [-0.1, -0.05) is 60.3 Å². The zero-order valence-corrected chi connectivity index (χ0v) is 19.4. The number of nitrogens with one attached hydrogen (secondary N) is 1. The fourth-order valence-corrected chi connectivity index (χ4v) is 4.63. The number of hydrogen-bond donors (Lipinski definition) is 1. The van der Waals surface area contributed by atoms with Crippen LogP contribution < -0.4 is 10.1 Å². The third-order valence-electron chi connectivity index (χ3n) is 4.71. The van der Waals surface area contributed by atoms with Crippen LogP contribution in [0.3, 0.4) is 0 Å². The zero-order chi connectivity index (χ0) is 22.3. The Bertz CT molecular complexity index is 1190. The lowest BCUT2D eigenvalue weighted by Crippen LogP contribution is -2.14. The maximum absolute atomic E-state index is 12.4. The first kappa shape index (κ1) is 22.0. The third kappa shape index (κ3) is 5.35. The largest absolute Gasteiger partial charge is 0.485 e. The molecule has 9 heteroatoms. The molecule has 164 valence electrons. The molecule has 32 heavy (non-hydrogen) atoms. The summed E-state index contributed by atoms with van der Waals surface area (Å²) in [7, 11) is 0. The van der Waals surface area contributed by atoms with E-state index in [1.807, 2.05) is 78.4 Å². The van der Waals surface area contributed by atoms with Gasteiger partial charge in [0.1, 0.15) is 12.4 Å². The molecule has 2 aromatic carbocycles. The highest BCUT2D eigenvalue weighted by Gasteiger charge is 2.15. The monoisotopic (exact) mass is 465 g/mol. The normalized spacial score (nSPS) is 10.8. The first-order chi connectivity index (χ1) is 15.6. The molecule has 4 aromatic rings. The number of thioether (sulfide) groups is 1. The second-order valence-corrected chi connectivity index (χ2v) is 8.74. The minimum absolute atomic E-state index is 0.132. The molecule has 0 radical (unpaired) electrons. The molecule has 1 amide bonds. The molecule has 0 bridgehead atoms. The van der Waals surface area contributed by atoms with E-state index in [2.05, 4.69) is 20.5 Å². The summed E-state index contributed by atoms with van der Waals surface area (Å²) in [6, 6.07) is 17.7. The van der Waals surface area contributed by atoms with E-state index in [1.165, 1.54) is 23.1 Å². The van der Waals surface area contributed by atoms with Crippen LogP contribution in [0, 0.1) is 6.92 Å². The van der Waals surface area contributed by atoms with E-state index < -0.39 is 0 Å².